The third kappa shape index (κ3) is 9.40. The highest BCUT2D eigenvalue weighted by atomic mass is 16.6. The van der Waals surface area contributed by atoms with Gasteiger partial charge in [-0.3, -0.25) is 0 Å². The molecule has 0 aliphatic carbocycles. The fraction of sp³-hybridized carbons (Fsp3) is 0.188. The van der Waals surface area contributed by atoms with Crippen LogP contribution in [0.25, 0.3) is 0 Å². The molecule has 0 radical (unpaired) electrons. The van der Waals surface area contributed by atoms with Gasteiger partial charge >= 0.3 is 12.2 Å². The minimum atomic E-state index is -0.537. The number of para-hydroxylation sites is 6. The molecular formula is C32H32N2O6. The van der Waals surface area contributed by atoms with Crippen molar-refractivity contribution in [2.75, 3.05) is 13.1 Å². The van der Waals surface area contributed by atoms with Crippen molar-refractivity contribution in [3.63, 3.8) is 0 Å². The van der Waals surface area contributed by atoms with Crippen molar-refractivity contribution in [3.8, 4) is 34.5 Å². The second-order valence-corrected chi connectivity index (χ2v) is 8.77. The van der Waals surface area contributed by atoms with Crippen LogP contribution >= 0.6 is 0 Å². The number of ether oxygens (including phenoxy) is 4. The Morgan fingerprint density at radius 2 is 0.800 bits per heavy atom. The molecule has 4 aromatic rings. The van der Waals surface area contributed by atoms with E-state index in [2.05, 4.69) is 10.6 Å². The van der Waals surface area contributed by atoms with Gasteiger partial charge in [-0.1, -0.05) is 73.5 Å². The summed E-state index contributed by atoms with van der Waals surface area (Å²) in [4.78, 5) is 24.5. The SMILES string of the molecule is O=C(NCCCCCCNC(=O)Oc1ccccc1Oc1ccccc1)Oc1ccccc1Oc1ccccc1. The van der Waals surface area contributed by atoms with E-state index in [-0.39, 0.29) is 0 Å². The maximum atomic E-state index is 12.2. The van der Waals surface area contributed by atoms with Crippen LogP contribution in [0.4, 0.5) is 9.59 Å². The van der Waals surface area contributed by atoms with Gasteiger partial charge in [-0.25, -0.2) is 9.59 Å². The Morgan fingerprint density at radius 1 is 0.450 bits per heavy atom. The maximum absolute atomic E-state index is 12.2. The Kier molecular flexibility index (Phi) is 10.8. The highest BCUT2D eigenvalue weighted by molar-refractivity contribution is 5.72. The minimum absolute atomic E-state index is 0.344. The largest absolute Gasteiger partial charge is 0.453 e. The highest BCUT2D eigenvalue weighted by Gasteiger charge is 2.12. The second-order valence-electron chi connectivity index (χ2n) is 8.77. The van der Waals surface area contributed by atoms with E-state index in [4.69, 9.17) is 18.9 Å². The van der Waals surface area contributed by atoms with Crippen LogP contribution in [0.3, 0.4) is 0 Å². The molecule has 206 valence electrons. The maximum Gasteiger partial charge on any atom is 0.412 e. The van der Waals surface area contributed by atoms with Crippen molar-refractivity contribution in [1.29, 1.82) is 0 Å². The lowest BCUT2D eigenvalue weighted by molar-refractivity contribution is 0.197. The van der Waals surface area contributed by atoms with Crippen LogP contribution in [-0.4, -0.2) is 25.3 Å². The van der Waals surface area contributed by atoms with Gasteiger partial charge in [0.2, 0.25) is 0 Å². The minimum Gasteiger partial charge on any atom is -0.453 e. The quantitative estimate of drug-likeness (QED) is 0.169. The fourth-order valence-corrected chi connectivity index (χ4v) is 3.72. The predicted molar refractivity (Wildman–Crippen MR) is 152 cm³/mol. The number of benzene rings is 4. The third-order valence-corrected chi connectivity index (χ3v) is 5.69. The van der Waals surface area contributed by atoms with Crippen LogP contribution in [0.15, 0.2) is 109 Å². The number of nitrogens with one attached hydrogen (secondary N) is 2. The van der Waals surface area contributed by atoms with Gasteiger partial charge in [-0.05, 0) is 61.4 Å². The van der Waals surface area contributed by atoms with Gasteiger partial charge in [0.15, 0.2) is 23.0 Å². The van der Waals surface area contributed by atoms with E-state index in [0.29, 0.717) is 47.6 Å². The molecule has 2 amide bonds. The first-order valence-corrected chi connectivity index (χ1v) is 13.2. The van der Waals surface area contributed by atoms with E-state index in [9.17, 15) is 9.59 Å². The van der Waals surface area contributed by atoms with E-state index >= 15 is 0 Å². The standard InChI is InChI=1S/C32H32N2O6/c35-31(39-29-21-11-9-19-27(29)37-25-15-5-3-6-16-25)33-23-13-1-2-14-24-34-32(36)40-30-22-12-10-20-28(30)38-26-17-7-4-8-18-26/h3-12,15-22H,1-2,13-14,23-24H2,(H,33,35)(H,34,36). The first-order chi connectivity index (χ1) is 19.7. The van der Waals surface area contributed by atoms with E-state index in [1.165, 1.54) is 0 Å². The lowest BCUT2D eigenvalue weighted by Gasteiger charge is -2.12. The Morgan fingerprint density at radius 3 is 1.20 bits per heavy atom. The van der Waals surface area contributed by atoms with Gasteiger partial charge in [-0.2, -0.15) is 0 Å². The first-order valence-electron chi connectivity index (χ1n) is 13.2. The molecule has 0 bridgehead atoms. The zero-order valence-electron chi connectivity index (χ0n) is 22.1. The molecule has 0 fully saturated rings. The zero-order valence-corrected chi connectivity index (χ0v) is 22.1. The Labute approximate surface area is 233 Å². The highest BCUT2D eigenvalue weighted by Crippen LogP contribution is 2.32. The number of carbonyl (C=O) groups excluding carboxylic acids is 2. The summed E-state index contributed by atoms with van der Waals surface area (Å²) >= 11 is 0. The second kappa shape index (κ2) is 15.4. The van der Waals surface area contributed by atoms with Gasteiger partial charge in [0.1, 0.15) is 11.5 Å². The van der Waals surface area contributed by atoms with Crippen molar-refractivity contribution >= 4 is 12.2 Å². The number of hydrogen-bond acceptors (Lipinski definition) is 6. The summed E-state index contributed by atoms with van der Waals surface area (Å²) in [7, 11) is 0. The molecule has 0 saturated carbocycles. The van der Waals surface area contributed by atoms with Gasteiger partial charge < -0.3 is 29.6 Å². The van der Waals surface area contributed by atoms with Crippen LogP contribution in [-0.2, 0) is 0 Å². The predicted octanol–water partition coefficient (Wildman–Crippen LogP) is 7.71. The van der Waals surface area contributed by atoms with Crippen LogP contribution in [0, 0.1) is 0 Å². The number of carbonyl (C=O) groups is 2. The molecule has 0 saturated heterocycles. The lowest BCUT2D eigenvalue weighted by atomic mass is 10.2. The molecule has 0 aliphatic heterocycles. The van der Waals surface area contributed by atoms with Crippen LogP contribution in [0.5, 0.6) is 34.5 Å². The summed E-state index contributed by atoms with van der Waals surface area (Å²) in [6.45, 7) is 0.961. The van der Waals surface area contributed by atoms with Gasteiger partial charge in [0.25, 0.3) is 0 Å². The monoisotopic (exact) mass is 540 g/mol. The number of rotatable bonds is 13. The van der Waals surface area contributed by atoms with Crippen molar-refractivity contribution in [1.82, 2.24) is 10.6 Å². The smallest absolute Gasteiger partial charge is 0.412 e. The van der Waals surface area contributed by atoms with E-state index in [0.717, 1.165) is 25.7 Å². The molecule has 0 heterocycles. The molecular weight excluding hydrogens is 508 g/mol. The first kappa shape index (κ1) is 28.0. The summed E-state index contributed by atoms with van der Waals surface area (Å²) in [6, 6.07) is 32.7. The van der Waals surface area contributed by atoms with Crippen molar-refractivity contribution in [2.24, 2.45) is 0 Å². The molecule has 8 nitrogen and oxygen atoms in total. The van der Waals surface area contributed by atoms with Gasteiger partial charge in [0, 0.05) is 13.1 Å². The number of unbranched alkanes of at least 4 members (excludes halogenated alkanes) is 3. The van der Waals surface area contributed by atoms with E-state index in [1.807, 2.05) is 72.8 Å². The lowest BCUT2D eigenvalue weighted by Crippen LogP contribution is -2.28. The van der Waals surface area contributed by atoms with Gasteiger partial charge in [-0.15, -0.1) is 0 Å². The zero-order chi connectivity index (χ0) is 27.8. The number of amides is 2. The van der Waals surface area contributed by atoms with Crippen molar-refractivity contribution < 1.29 is 28.5 Å². The van der Waals surface area contributed by atoms with Crippen LogP contribution in [0.2, 0.25) is 0 Å². The average Bonchev–Trinajstić information content (AvgIpc) is 2.97. The Hall–Kier alpha value is -4.98. The number of hydrogen-bond donors (Lipinski definition) is 2. The van der Waals surface area contributed by atoms with Crippen molar-refractivity contribution in [3.05, 3.63) is 109 Å². The summed E-state index contributed by atoms with van der Waals surface area (Å²) in [6.07, 6.45) is 2.27. The molecule has 0 atom stereocenters. The van der Waals surface area contributed by atoms with Gasteiger partial charge in [0.05, 0.1) is 0 Å². The molecule has 8 heteroatoms. The fourth-order valence-electron chi connectivity index (χ4n) is 3.72. The van der Waals surface area contributed by atoms with Crippen molar-refractivity contribution in [2.45, 2.75) is 25.7 Å². The summed E-state index contributed by atoms with van der Waals surface area (Å²) in [5.41, 5.74) is 0. The molecule has 0 aromatic heterocycles. The average molecular weight is 541 g/mol. The normalized spacial score (nSPS) is 10.3. The van der Waals surface area contributed by atoms with Crippen LogP contribution in [0.1, 0.15) is 25.7 Å². The molecule has 4 aromatic carbocycles. The summed E-state index contributed by atoms with van der Waals surface area (Å²) in [5.74, 6) is 2.92. The topological polar surface area (TPSA) is 95.1 Å². The Balaban J connectivity index is 1.08. The molecule has 0 spiro atoms. The molecule has 4 rings (SSSR count). The van der Waals surface area contributed by atoms with E-state index in [1.54, 1.807) is 36.4 Å². The summed E-state index contributed by atoms with van der Waals surface area (Å²) < 4.78 is 22.5. The molecule has 2 N–H and O–H groups in total. The molecule has 40 heavy (non-hydrogen) atoms. The van der Waals surface area contributed by atoms with E-state index < -0.39 is 12.2 Å². The molecule has 0 aliphatic rings. The summed E-state index contributed by atoms with van der Waals surface area (Å²) in [5, 5.41) is 5.53. The molecule has 0 unspecified atom stereocenters. The third-order valence-electron chi connectivity index (χ3n) is 5.69. The van der Waals surface area contributed by atoms with Crippen LogP contribution < -0.4 is 29.6 Å². The Bertz CT molecular complexity index is 1240.